The molecule has 2 rings (SSSR count). The van der Waals surface area contributed by atoms with E-state index in [1.807, 2.05) is 30.3 Å². The van der Waals surface area contributed by atoms with Crippen molar-refractivity contribution in [1.29, 1.82) is 0 Å². The van der Waals surface area contributed by atoms with Gasteiger partial charge in [0, 0.05) is 23.4 Å². The van der Waals surface area contributed by atoms with Crippen LogP contribution in [0.1, 0.15) is 10.4 Å². The lowest BCUT2D eigenvalue weighted by Gasteiger charge is -2.00. The summed E-state index contributed by atoms with van der Waals surface area (Å²) >= 11 is 1.76. The van der Waals surface area contributed by atoms with E-state index in [1.165, 1.54) is 4.88 Å². The van der Waals surface area contributed by atoms with Gasteiger partial charge in [-0.25, -0.2) is 0 Å². The van der Waals surface area contributed by atoms with Crippen LogP contribution < -0.4 is 5.73 Å². The predicted octanol–water partition coefficient (Wildman–Crippen LogP) is 2.70. The monoisotopic (exact) mass is 230 g/mol. The maximum Gasteiger partial charge on any atom is 0.125 e. The number of nitrogens with two attached hydrogens (primary N) is 1. The molecule has 0 saturated heterocycles. The number of thiophene rings is 1. The van der Waals surface area contributed by atoms with E-state index in [0.29, 0.717) is 5.84 Å². The van der Waals surface area contributed by atoms with Crippen molar-refractivity contribution in [1.82, 2.24) is 0 Å². The Morgan fingerprint density at radius 2 is 1.94 bits per heavy atom. The van der Waals surface area contributed by atoms with Gasteiger partial charge in [-0.2, -0.15) is 0 Å². The lowest BCUT2D eigenvalue weighted by Crippen LogP contribution is -2.14. The van der Waals surface area contributed by atoms with Crippen LogP contribution in [0.5, 0.6) is 0 Å². The molecule has 0 aliphatic heterocycles. The van der Waals surface area contributed by atoms with Gasteiger partial charge in [0.15, 0.2) is 0 Å². The Morgan fingerprint density at radius 1 is 1.12 bits per heavy atom. The van der Waals surface area contributed by atoms with Gasteiger partial charge in [0.2, 0.25) is 0 Å². The molecule has 1 heterocycles. The van der Waals surface area contributed by atoms with Gasteiger partial charge in [-0.15, -0.1) is 11.3 Å². The normalized spacial score (nSPS) is 11.6. The highest BCUT2D eigenvalue weighted by molar-refractivity contribution is 7.09. The summed E-state index contributed by atoms with van der Waals surface area (Å²) in [5.74, 6) is 0.622. The SMILES string of the molecule is NC(=NCCc1cccs1)c1ccccc1. The second-order valence-electron chi connectivity index (χ2n) is 3.46. The van der Waals surface area contributed by atoms with Crippen LogP contribution in [0.15, 0.2) is 52.8 Å². The fourth-order valence-electron chi connectivity index (χ4n) is 1.44. The molecule has 1 aromatic carbocycles. The molecule has 2 nitrogen and oxygen atoms in total. The molecule has 0 amide bonds. The van der Waals surface area contributed by atoms with E-state index >= 15 is 0 Å². The van der Waals surface area contributed by atoms with Gasteiger partial charge in [0.05, 0.1) is 0 Å². The Bertz CT molecular complexity index is 446. The van der Waals surface area contributed by atoms with Gasteiger partial charge in [0.25, 0.3) is 0 Å². The van der Waals surface area contributed by atoms with Crippen molar-refractivity contribution >= 4 is 17.2 Å². The minimum atomic E-state index is 0.622. The summed E-state index contributed by atoms with van der Waals surface area (Å²) < 4.78 is 0. The maximum atomic E-state index is 5.89. The lowest BCUT2D eigenvalue weighted by molar-refractivity contribution is 0.985. The fraction of sp³-hybridized carbons (Fsp3) is 0.154. The molecule has 3 heteroatoms. The smallest absolute Gasteiger partial charge is 0.125 e. The zero-order valence-corrected chi connectivity index (χ0v) is 9.78. The van der Waals surface area contributed by atoms with E-state index < -0.39 is 0 Å². The topological polar surface area (TPSA) is 38.4 Å². The van der Waals surface area contributed by atoms with E-state index in [2.05, 4.69) is 22.5 Å². The van der Waals surface area contributed by atoms with Crippen molar-refractivity contribution in [3.05, 3.63) is 58.3 Å². The van der Waals surface area contributed by atoms with Crippen LogP contribution in [-0.2, 0) is 6.42 Å². The van der Waals surface area contributed by atoms with Gasteiger partial charge in [0.1, 0.15) is 5.84 Å². The Labute approximate surface area is 99.5 Å². The van der Waals surface area contributed by atoms with Crippen molar-refractivity contribution in [2.75, 3.05) is 6.54 Å². The van der Waals surface area contributed by atoms with E-state index in [-0.39, 0.29) is 0 Å². The summed E-state index contributed by atoms with van der Waals surface area (Å²) in [6.45, 7) is 0.751. The van der Waals surface area contributed by atoms with Gasteiger partial charge >= 0.3 is 0 Å². The number of rotatable bonds is 4. The zero-order chi connectivity index (χ0) is 11.2. The molecule has 0 saturated carbocycles. The minimum absolute atomic E-state index is 0.622. The van der Waals surface area contributed by atoms with E-state index in [0.717, 1.165) is 18.5 Å². The van der Waals surface area contributed by atoms with Crippen LogP contribution in [-0.4, -0.2) is 12.4 Å². The maximum absolute atomic E-state index is 5.89. The molecule has 82 valence electrons. The number of amidine groups is 1. The van der Waals surface area contributed by atoms with Crippen molar-refractivity contribution in [2.45, 2.75) is 6.42 Å². The highest BCUT2D eigenvalue weighted by atomic mass is 32.1. The third-order valence-electron chi connectivity index (χ3n) is 2.29. The molecule has 0 aliphatic carbocycles. The van der Waals surface area contributed by atoms with Gasteiger partial charge in [-0.3, -0.25) is 4.99 Å². The molecule has 16 heavy (non-hydrogen) atoms. The van der Waals surface area contributed by atoms with Crippen molar-refractivity contribution < 1.29 is 0 Å². The van der Waals surface area contributed by atoms with E-state index in [1.54, 1.807) is 11.3 Å². The van der Waals surface area contributed by atoms with E-state index in [9.17, 15) is 0 Å². The highest BCUT2D eigenvalue weighted by Gasteiger charge is 1.96. The second kappa shape index (κ2) is 5.47. The van der Waals surface area contributed by atoms with Gasteiger partial charge in [-0.1, -0.05) is 36.4 Å². The molecule has 0 spiro atoms. The molecule has 0 fully saturated rings. The van der Waals surface area contributed by atoms with Crippen LogP contribution in [0.4, 0.5) is 0 Å². The standard InChI is InChI=1S/C13H14N2S/c14-13(11-5-2-1-3-6-11)15-9-8-12-7-4-10-16-12/h1-7,10H,8-9H2,(H2,14,15). The number of hydrogen-bond acceptors (Lipinski definition) is 2. The fourth-order valence-corrected chi connectivity index (χ4v) is 2.14. The minimum Gasteiger partial charge on any atom is -0.384 e. The van der Waals surface area contributed by atoms with Crippen LogP contribution in [0.2, 0.25) is 0 Å². The van der Waals surface area contributed by atoms with Crippen LogP contribution in [0.3, 0.4) is 0 Å². The Morgan fingerprint density at radius 3 is 2.62 bits per heavy atom. The first-order chi connectivity index (χ1) is 7.86. The molecule has 0 unspecified atom stereocenters. The lowest BCUT2D eigenvalue weighted by atomic mass is 10.2. The van der Waals surface area contributed by atoms with Crippen molar-refractivity contribution in [3.8, 4) is 0 Å². The summed E-state index contributed by atoms with van der Waals surface area (Å²) in [7, 11) is 0. The average Bonchev–Trinajstić information content (AvgIpc) is 2.83. The first-order valence-corrected chi connectivity index (χ1v) is 6.12. The average molecular weight is 230 g/mol. The summed E-state index contributed by atoms with van der Waals surface area (Å²) in [6, 6.07) is 14.0. The van der Waals surface area contributed by atoms with Crippen molar-refractivity contribution in [3.63, 3.8) is 0 Å². The molecule has 1 aromatic heterocycles. The first kappa shape index (κ1) is 10.9. The molecule has 0 atom stereocenters. The number of aliphatic imine (C=N–C) groups is 1. The summed E-state index contributed by atoms with van der Waals surface area (Å²) in [5, 5.41) is 2.08. The first-order valence-electron chi connectivity index (χ1n) is 5.24. The third kappa shape index (κ3) is 2.94. The largest absolute Gasteiger partial charge is 0.384 e. The number of hydrogen-bond donors (Lipinski definition) is 1. The summed E-state index contributed by atoms with van der Waals surface area (Å²) in [6.07, 6.45) is 0.963. The summed E-state index contributed by atoms with van der Waals surface area (Å²) in [4.78, 5) is 5.72. The van der Waals surface area contributed by atoms with Crippen LogP contribution >= 0.6 is 11.3 Å². The zero-order valence-electron chi connectivity index (χ0n) is 8.97. The number of benzene rings is 1. The van der Waals surface area contributed by atoms with Crippen molar-refractivity contribution in [2.24, 2.45) is 10.7 Å². The quantitative estimate of drug-likeness (QED) is 0.636. The second-order valence-corrected chi connectivity index (χ2v) is 4.49. The predicted molar refractivity (Wildman–Crippen MR) is 70.1 cm³/mol. The Balaban J connectivity index is 1.93. The van der Waals surface area contributed by atoms with Crippen LogP contribution in [0, 0.1) is 0 Å². The molecular formula is C13H14N2S. The highest BCUT2D eigenvalue weighted by Crippen LogP contribution is 2.09. The Hall–Kier alpha value is -1.61. The van der Waals surface area contributed by atoms with Crippen LogP contribution in [0.25, 0.3) is 0 Å². The Kier molecular flexibility index (Phi) is 3.72. The number of nitrogens with zero attached hydrogens (tertiary/aromatic N) is 1. The molecular weight excluding hydrogens is 216 g/mol. The van der Waals surface area contributed by atoms with E-state index in [4.69, 9.17) is 5.73 Å². The van der Waals surface area contributed by atoms with Gasteiger partial charge in [-0.05, 0) is 11.4 Å². The molecule has 0 bridgehead atoms. The molecule has 0 aliphatic rings. The molecule has 2 N–H and O–H groups in total. The third-order valence-corrected chi connectivity index (χ3v) is 3.23. The van der Waals surface area contributed by atoms with Gasteiger partial charge < -0.3 is 5.73 Å². The molecule has 2 aromatic rings. The summed E-state index contributed by atoms with van der Waals surface area (Å²) in [5.41, 5.74) is 6.88. The molecule has 0 radical (unpaired) electrons.